The summed E-state index contributed by atoms with van der Waals surface area (Å²) in [5.74, 6) is -0.642. The summed E-state index contributed by atoms with van der Waals surface area (Å²) in [6.45, 7) is 0. The number of nitro benzene ring substituents is 3. The van der Waals surface area contributed by atoms with E-state index in [0.29, 0.717) is 0 Å². The van der Waals surface area contributed by atoms with Gasteiger partial charge in [0.15, 0.2) is 5.78 Å². The molecule has 10 nitrogen and oxygen atoms in total. The number of ketones is 1. The van der Waals surface area contributed by atoms with Gasteiger partial charge < -0.3 is 0 Å². The van der Waals surface area contributed by atoms with Crippen LogP contribution in [0.1, 0.15) is 15.9 Å². The first-order valence-electron chi connectivity index (χ1n) is 6.13. The van der Waals surface area contributed by atoms with Crippen molar-refractivity contribution in [2.24, 2.45) is 0 Å². The van der Waals surface area contributed by atoms with Gasteiger partial charge in [0.1, 0.15) is 0 Å². The van der Waals surface area contributed by atoms with Gasteiger partial charge in [0.25, 0.3) is 0 Å². The smallest absolute Gasteiger partial charge is 0.289 e. The third kappa shape index (κ3) is 1.85. The maximum absolute atomic E-state index is 12.3. The van der Waals surface area contributed by atoms with Crippen molar-refractivity contribution in [3.05, 3.63) is 71.8 Å². The van der Waals surface area contributed by atoms with Crippen LogP contribution in [0.5, 0.6) is 0 Å². The van der Waals surface area contributed by atoms with Crippen molar-refractivity contribution in [3.8, 4) is 11.1 Å². The first-order chi connectivity index (χ1) is 10.8. The van der Waals surface area contributed by atoms with Crippen LogP contribution in [0.3, 0.4) is 0 Å². The zero-order valence-corrected chi connectivity index (χ0v) is 11.1. The third-order valence-electron chi connectivity index (χ3n) is 3.50. The summed E-state index contributed by atoms with van der Waals surface area (Å²) in [6, 6.07) is 6.57. The summed E-state index contributed by atoms with van der Waals surface area (Å²) < 4.78 is 0. The van der Waals surface area contributed by atoms with Gasteiger partial charge >= 0.3 is 17.1 Å². The minimum absolute atomic E-state index is 0.111. The third-order valence-corrected chi connectivity index (χ3v) is 3.50. The van der Waals surface area contributed by atoms with Crippen molar-refractivity contribution in [3.63, 3.8) is 0 Å². The highest BCUT2D eigenvalue weighted by atomic mass is 16.6. The minimum Gasteiger partial charge on any atom is -0.289 e. The first kappa shape index (κ1) is 14.3. The highest BCUT2D eigenvalue weighted by Crippen LogP contribution is 2.50. The number of rotatable bonds is 3. The Kier molecular flexibility index (Phi) is 2.89. The maximum Gasteiger partial charge on any atom is 0.423 e. The van der Waals surface area contributed by atoms with Crippen molar-refractivity contribution >= 4 is 22.8 Å². The summed E-state index contributed by atoms with van der Waals surface area (Å²) in [5, 5.41) is 33.5. The van der Waals surface area contributed by atoms with Gasteiger partial charge in [-0.2, -0.15) is 0 Å². The number of fused-ring (bicyclic) bond motifs is 3. The van der Waals surface area contributed by atoms with Crippen LogP contribution in [0.25, 0.3) is 11.1 Å². The standard InChI is InChI=1S/C13H5N3O7/c17-13-7-4-2-1-3-6(7)10-8(13)5-9(14(18)19)11(15(20)21)12(10)16(22)23/h1-5H. The predicted molar refractivity (Wildman–Crippen MR) is 75.3 cm³/mol. The molecule has 0 spiro atoms. The molecule has 0 fully saturated rings. The van der Waals surface area contributed by atoms with E-state index in [1.165, 1.54) is 24.3 Å². The Morgan fingerprint density at radius 3 is 1.83 bits per heavy atom. The summed E-state index contributed by atoms with van der Waals surface area (Å²) in [4.78, 5) is 42.5. The number of benzene rings is 2. The van der Waals surface area contributed by atoms with E-state index in [1.54, 1.807) is 0 Å². The molecule has 0 unspecified atom stereocenters. The van der Waals surface area contributed by atoms with Crippen molar-refractivity contribution in [2.45, 2.75) is 0 Å². The Labute approximate surface area is 126 Å². The molecule has 0 saturated heterocycles. The van der Waals surface area contributed by atoms with Crippen LogP contribution in [-0.2, 0) is 0 Å². The lowest BCUT2D eigenvalue weighted by atomic mass is 10.0. The molecule has 0 atom stereocenters. The minimum atomic E-state index is -1.23. The van der Waals surface area contributed by atoms with Crippen LogP contribution in [0.15, 0.2) is 30.3 Å². The van der Waals surface area contributed by atoms with Gasteiger partial charge in [0.05, 0.1) is 20.3 Å². The normalized spacial score (nSPS) is 11.7. The molecule has 0 aromatic heterocycles. The molecule has 1 aliphatic carbocycles. The molecule has 0 aliphatic heterocycles. The Morgan fingerprint density at radius 1 is 0.739 bits per heavy atom. The molecule has 2 aromatic carbocycles. The summed E-state index contributed by atoms with van der Waals surface area (Å²) in [5.41, 5.74) is -3.64. The number of nitrogens with zero attached hydrogens (tertiary/aromatic N) is 3. The molecule has 10 heteroatoms. The number of hydrogen-bond acceptors (Lipinski definition) is 7. The van der Waals surface area contributed by atoms with Crippen LogP contribution in [0.4, 0.5) is 17.1 Å². The Bertz CT molecular complexity index is 935. The fourth-order valence-corrected chi connectivity index (χ4v) is 2.64. The lowest BCUT2D eigenvalue weighted by Gasteiger charge is -2.03. The topological polar surface area (TPSA) is 146 Å². The molecular formula is C13H5N3O7. The maximum atomic E-state index is 12.3. The SMILES string of the molecule is O=C1c2ccccc2-c2c1cc([N+](=O)[O-])c([N+](=O)[O-])c2[N+](=O)[O-]. The van der Waals surface area contributed by atoms with Crippen molar-refractivity contribution in [2.75, 3.05) is 0 Å². The summed E-state index contributed by atoms with van der Waals surface area (Å²) in [6.07, 6.45) is 0. The molecule has 0 N–H and O–H groups in total. The average molecular weight is 315 g/mol. The van der Waals surface area contributed by atoms with Gasteiger partial charge in [0.2, 0.25) is 0 Å². The van der Waals surface area contributed by atoms with E-state index in [2.05, 4.69) is 0 Å². The second kappa shape index (κ2) is 4.66. The van der Waals surface area contributed by atoms with Crippen LogP contribution in [0.2, 0.25) is 0 Å². The average Bonchev–Trinajstić information content (AvgIpc) is 2.78. The highest BCUT2D eigenvalue weighted by Gasteiger charge is 2.45. The summed E-state index contributed by atoms with van der Waals surface area (Å²) >= 11 is 0. The largest absolute Gasteiger partial charge is 0.423 e. The molecule has 114 valence electrons. The summed E-state index contributed by atoms with van der Waals surface area (Å²) in [7, 11) is 0. The van der Waals surface area contributed by atoms with Gasteiger partial charge in [-0.3, -0.25) is 35.1 Å². The molecule has 23 heavy (non-hydrogen) atoms. The monoisotopic (exact) mass is 315 g/mol. The van der Waals surface area contributed by atoms with E-state index in [-0.39, 0.29) is 22.3 Å². The van der Waals surface area contributed by atoms with Gasteiger partial charge in [-0.25, -0.2) is 0 Å². The van der Waals surface area contributed by atoms with E-state index >= 15 is 0 Å². The number of hydrogen-bond donors (Lipinski definition) is 0. The second-order valence-electron chi connectivity index (χ2n) is 4.66. The molecule has 0 radical (unpaired) electrons. The zero-order chi connectivity index (χ0) is 16.9. The second-order valence-corrected chi connectivity index (χ2v) is 4.66. The Balaban J connectivity index is 2.54. The Morgan fingerprint density at radius 2 is 1.30 bits per heavy atom. The van der Waals surface area contributed by atoms with E-state index in [9.17, 15) is 35.1 Å². The Hall–Kier alpha value is -3.69. The molecule has 0 heterocycles. The lowest BCUT2D eigenvalue weighted by molar-refractivity contribution is -0.440. The number of carbonyl (C=O) groups is 1. The fourth-order valence-electron chi connectivity index (χ4n) is 2.64. The molecule has 0 bridgehead atoms. The highest BCUT2D eigenvalue weighted by molar-refractivity contribution is 6.24. The van der Waals surface area contributed by atoms with Crippen LogP contribution in [0, 0.1) is 30.3 Å². The lowest BCUT2D eigenvalue weighted by Crippen LogP contribution is -2.05. The van der Waals surface area contributed by atoms with E-state index in [4.69, 9.17) is 0 Å². The molecule has 1 aliphatic rings. The van der Waals surface area contributed by atoms with Crippen LogP contribution >= 0.6 is 0 Å². The van der Waals surface area contributed by atoms with Crippen LogP contribution < -0.4 is 0 Å². The zero-order valence-electron chi connectivity index (χ0n) is 11.1. The van der Waals surface area contributed by atoms with Gasteiger partial charge in [-0.1, -0.05) is 24.3 Å². The van der Waals surface area contributed by atoms with Crippen molar-refractivity contribution in [1.29, 1.82) is 0 Å². The molecule has 0 saturated carbocycles. The van der Waals surface area contributed by atoms with Crippen molar-refractivity contribution in [1.82, 2.24) is 0 Å². The molecule has 0 amide bonds. The van der Waals surface area contributed by atoms with Gasteiger partial charge in [0, 0.05) is 22.8 Å². The molecule has 3 rings (SSSR count). The van der Waals surface area contributed by atoms with E-state index < -0.39 is 37.6 Å². The van der Waals surface area contributed by atoms with Gasteiger partial charge in [-0.05, 0) is 0 Å². The van der Waals surface area contributed by atoms with E-state index in [0.717, 1.165) is 6.07 Å². The van der Waals surface area contributed by atoms with Crippen LogP contribution in [-0.4, -0.2) is 20.6 Å². The predicted octanol–water partition coefficient (Wildman–Crippen LogP) is 2.62. The van der Waals surface area contributed by atoms with E-state index in [1.807, 2.05) is 0 Å². The first-order valence-corrected chi connectivity index (χ1v) is 6.13. The number of carbonyl (C=O) groups excluding carboxylic acids is 1. The quantitative estimate of drug-likeness (QED) is 0.533. The number of nitro groups is 3. The molecular weight excluding hydrogens is 310 g/mol. The van der Waals surface area contributed by atoms with Crippen molar-refractivity contribution < 1.29 is 19.6 Å². The fraction of sp³-hybridized carbons (Fsp3) is 0. The van der Waals surface area contributed by atoms with Gasteiger partial charge in [-0.15, -0.1) is 0 Å². The molecule has 2 aromatic rings.